The minimum Gasteiger partial charge on any atom is -0.0654 e. The summed E-state index contributed by atoms with van der Waals surface area (Å²) in [5, 5.41) is 0.623. The summed E-state index contributed by atoms with van der Waals surface area (Å²) < 4.78 is 0. The van der Waals surface area contributed by atoms with Crippen LogP contribution in [0.5, 0.6) is 0 Å². The Kier molecular flexibility index (Phi) is 13.5. The molecule has 3 rings (SSSR count). The quantitative estimate of drug-likeness (QED) is 0.178. The Balaban J connectivity index is 1.99. The van der Waals surface area contributed by atoms with Gasteiger partial charge in [0.2, 0.25) is 0 Å². The van der Waals surface area contributed by atoms with Gasteiger partial charge in [0.25, 0.3) is 0 Å². The molecule has 34 heavy (non-hydrogen) atoms. The number of fused-ring (bicyclic) bond motifs is 1. The summed E-state index contributed by atoms with van der Waals surface area (Å²) in [5.74, 6) is 5.15. The smallest absolute Gasteiger partial charge is 0.0654 e. The first-order chi connectivity index (χ1) is 16.7. The van der Waals surface area contributed by atoms with Gasteiger partial charge in [0.1, 0.15) is 7.85 Å². The van der Waals surface area contributed by atoms with Crippen LogP contribution in [0, 0.1) is 29.6 Å². The maximum atomic E-state index is 2.83. The van der Waals surface area contributed by atoms with Gasteiger partial charge in [-0.15, -0.1) is 0 Å². The second-order valence-corrected chi connectivity index (χ2v) is 13.6. The largest absolute Gasteiger partial charge is 0.109 e. The summed E-state index contributed by atoms with van der Waals surface area (Å²) in [6, 6.07) is 0. The van der Waals surface area contributed by atoms with Crippen LogP contribution < -0.4 is 0 Å². The molecule has 0 amide bonds. The van der Waals surface area contributed by atoms with Crippen LogP contribution >= 0.6 is 0 Å². The van der Waals surface area contributed by atoms with Gasteiger partial charge in [-0.2, -0.15) is 0 Å². The number of rotatable bonds is 9. The van der Waals surface area contributed by atoms with Crippen LogP contribution in [0.4, 0.5) is 0 Å². The van der Waals surface area contributed by atoms with E-state index in [1.807, 2.05) is 0 Å². The molecule has 0 saturated heterocycles. The molecule has 0 radical (unpaired) electrons. The Labute approximate surface area is 217 Å². The highest BCUT2D eigenvalue weighted by Crippen LogP contribution is 2.58. The first-order valence-corrected chi connectivity index (χ1v) is 16.7. The first kappa shape index (κ1) is 28.6. The summed E-state index contributed by atoms with van der Waals surface area (Å²) in [6.45, 7) is 4.84. The third kappa shape index (κ3) is 8.58. The Morgan fingerprint density at radius 3 is 1.82 bits per heavy atom. The minimum atomic E-state index is 0.623. The summed E-state index contributed by atoms with van der Waals surface area (Å²) in [6.07, 6.45) is 38.0. The van der Waals surface area contributed by atoms with Crippen LogP contribution in [0.2, 0.25) is 5.31 Å². The van der Waals surface area contributed by atoms with E-state index >= 15 is 0 Å². The third-order valence-electron chi connectivity index (χ3n) is 11.0. The van der Waals surface area contributed by atoms with Crippen molar-refractivity contribution in [1.82, 2.24) is 0 Å². The first-order valence-electron chi connectivity index (χ1n) is 16.7. The van der Waals surface area contributed by atoms with Crippen LogP contribution in [0.1, 0.15) is 174 Å². The highest BCUT2D eigenvalue weighted by Gasteiger charge is 2.47. The number of hydrogen-bond donors (Lipinski definition) is 0. The van der Waals surface area contributed by atoms with Crippen LogP contribution in [-0.4, -0.2) is 7.85 Å². The Morgan fingerprint density at radius 2 is 1.15 bits per heavy atom. The molecule has 5 unspecified atom stereocenters. The Bertz CT molecular complexity index is 503. The van der Waals surface area contributed by atoms with Crippen molar-refractivity contribution in [3.05, 3.63) is 0 Å². The van der Waals surface area contributed by atoms with Gasteiger partial charge in [0.05, 0.1) is 0 Å². The van der Waals surface area contributed by atoms with Gasteiger partial charge in [-0.3, -0.25) is 0 Å². The van der Waals surface area contributed by atoms with E-state index in [0.29, 0.717) is 5.31 Å². The molecule has 0 aromatic rings. The lowest BCUT2D eigenvalue weighted by atomic mass is 9.46. The predicted octanol–water partition coefficient (Wildman–Crippen LogP) is 10.7. The Hall–Kier alpha value is 0.0649. The standard InChI is InChI=1S/C33H63B/c1-3-5-13-21-28(20-6-4-2)30-25-17-12-15-23-29-22-14-8-7-9-16-24-31(29)32(30)33(34)26-18-10-11-19-27-33/h28-32H,3-27,34H2,1-2H3. The molecule has 0 bridgehead atoms. The Morgan fingerprint density at radius 1 is 0.618 bits per heavy atom. The fourth-order valence-corrected chi connectivity index (χ4v) is 9.19. The van der Waals surface area contributed by atoms with E-state index in [0.717, 1.165) is 29.6 Å². The predicted molar refractivity (Wildman–Crippen MR) is 155 cm³/mol. The number of unbranched alkanes of at least 4 members (excludes halogenated alkanes) is 3. The number of hydrogen-bond acceptors (Lipinski definition) is 0. The molecule has 0 aliphatic heterocycles. The molecule has 3 aliphatic carbocycles. The molecule has 0 aromatic heterocycles. The van der Waals surface area contributed by atoms with Gasteiger partial charge in [0.15, 0.2) is 0 Å². The molecule has 3 fully saturated rings. The van der Waals surface area contributed by atoms with Crippen molar-refractivity contribution < 1.29 is 0 Å². The highest BCUT2D eigenvalue weighted by atomic mass is 14.5. The lowest BCUT2D eigenvalue weighted by molar-refractivity contribution is 0.0441. The maximum absolute atomic E-state index is 2.83. The van der Waals surface area contributed by atoms with E-state index < -0.39 is 0 Å². The lowest BCUT2D eigenvalue weighted by Crippen LogP contribution is -2.41. The van der Waals surface area contributed by atoms with Crippen molar-refractivity contribution in [2.45, 2.75) is 180 Å². The molecule has 0 heterocycles. The maximum Gasteiger partial charge on any atom is 0.109 e. The van der Waals surface area contributed by atoms with Crippen molar-refractivity contribution in [3.63, 3.8) is 0 Å². The molecule has 0 aromatic carbocycles. The average Bonchev–Trinajstić information content (AvgIpc) is 2.93. The van der Waals surface area contributed by atoms with Crippen molar-refractivity contribution in [1.29, 1.82) is 0 Å². The summed E-state index contributed by atoms with van der Waals surface area (Å²) >= 11 is 0. The molecule has 3 aliphatic rings. The fourth-order valence-electron chi connectivity index (χ4n) is 9.19. The van der Waals surface area contributed by atoms with Crippen LogP contribution in [0.25, 0.3) is 0 Å². The summed E-state index contributed by atoms with van der Waals surface area (Å²) in [4.78, 5) is 0. The van der Waals surface area contributed by atoms with E-state index in [9.17, 15) is 0 Å². The SMILES string of the molecule is BC1(C2C(C(CCCC)CCCCC)CCCCCC3CCCCCCCC32)CCCCCC1. The van der Waals surface area contributed by atoms with Gasteiger partial charge >= 0.3 is 0 Å². The van der Waals surface area contributed by atoms with Crippen molar-refractivity contribution in [2.75, 3.05) is 0 Å². The van der Waals surface area contributed by atoms with Gasteiger partial charge in [-0.1, -0.05) is 167 Å². The summed E-state index contributed by atoms with van der Waals surface area (Å²) in [5.41, 5.74) is 0. The molecule has 3 saturated carbocycles. The van der Waals surface area contributed by atoms with E-state index in [2.05, 4.69) is 21.7 Å². The highest BCUT2D eigenvalue weighted by molar-refractivity contribution is 6.15. The minimum absolute atomic E-state index is 0.623. The normalized spacial score (nSPS) is 32.5. The van der Waals surface area contributed by atoms with Crippen molar-refractivity contribution in [3.8, 4) is 0 Å². The molecule has 0 N–H and O–H groups in total. The third-order valence-corrected chi connectivity index (χ3v) is 11.0. The monoisotopic (exact) mass is 471 g/mol. The molecular formula is C33H63B. The van der Waals surface area contributed by atoms with Crippen LogP contribution in [0.3, 0.4) is 0 Å². The zero-order chi connectivity index (χ0) is 24.1. The molecule has 0 nitrogen and oxygen atoms in total. The molecular weight excluding hydrogens is 407 g/mol. The van der Waals surface area contributed by atoms with E-state index in [1.54, 1.807) is 44.9 Å². The van der Waals surface area contributed by atoms with Gasteiger partial charge in [0, 0.05) is 0 Å². The second-order valence-electron chi connectivity index (χ2n) is 13.6. The topological polar surface area (TPSA) is 0 Å². The van der Waals surface area contributed by atoms with Crippen molar-refractivity contribution in [2.24, 2.45) is 29.6 Å². The summed E-state index contributed by atoms with van der Waals surface area (Å²) in [7, 11) is 2.83. The lowest BCUT2D eigenvalue weighted by Gasteiger charge is -2.51. The van der Waals surface area contributed by atoms with Crippen molar-refractivity contribution >= 4 is 7.85 Å². The molecule has 0 spiro atoms. The van der Waals surface area contributed by atoms with Gasteiger partial charge in [-0.25, -0.2) is 0 Å². The zero-order valence-corrected chi connectivity index (χ0v) is 24.1. The zero-order valence-electron chi connectivity index (χ0n) is 24.1. The molecule has 1 heteroatoms. The fraction of sp³-hybridized carbons (Fsp3) is 1.00. The molecule has 5 atom stereocenters. The van der Waals surface area contributed by atoms with E-state index in [-0.39, 0.29) is 0 Å². The van der Waals surface area contributed by atoms with E-state index in [1.165, 1.54) is 116 Å². The second kappa shape index (κ2) is 16.0. The van der Waals surface area contributed by atoms with Gasteiger partial charge in [-0.05, 0) is 42.4 Å². The van der Waals surface area contributed by atoms with Gasteiger partial charge < -0.3 is 0 Å². The van der Waals surface area contributed by atoms with Crippen LogP contribution in [0.15, 0.2) is 0 Å². The average molecular weight is 471 g/mol. The van der Waals surface area contributed by atoms with E-state index in [4.69, 9.17) is 0 Å². The van der Waals surface area contributed by atoms with Crippen LogP contribution in [-0.2, 0) is 0 Å². The molecule has 198 valence electrons.